The molecule has 10 heteroatoms. The Labute approximate surface area is 192 Å². The number of carbonyl (C=O) groups excluding carboxylic acids is 2. The molecule has 3 fully saturated rings. The van der Waals surface area contributed by atoms with Crippen LogP contribution in [0.15, 0.2) is 30.3 Å². The van der Waals surface area contributed by atoms with E-state index in [0.717, 1.165) is 5.56 Å². The molecule has 182 valence electrons. The largest absolute Gasteiger partial charge is 0.445 e. The Hall–Kier alpha value is -2.08. The number of aliphatic hydroxyl groups excluding tert-OH is 2. The molecule has 1 amide bonds. The number of fused-ring (bicyclic) bond motifs is 2. The summed E-state index contributed by atoms with van der Waals surface area (Å²) >= 11 is 0. The number of aliphatic hydroxyl groups is 3. The van der Waals surface area contributed by atoms with Crippen molar-refractivity contribution >= 4 is 11.9 Å². The number of likely N-dealkylation sites (N-methyl/N-ethyl adjacent to an activating group) is 1. The molecule has 1 aromatic carbocycles. The third-order valence-electron chi connectivity index (χ3n) is 6.78. The number of nitrogens with zero attached hydrogens (tertiary/aromatic N) is 1. The van der Waals surface area contributed by atoms with Crippen molar-refractivity contribution in [2.24, 2.45) is 5.92 Å². The zero-order chi connectivity index (χ0) is 23.9. The Balaban J connectivity index is 1.59. The van der Waals surface area contributed by atoms with Crippen molar-refractivity contribution in [1.82, 2.24) is 4.90 Å². The van der Waals surface area contributed by atoms with Gasteiger partial charge in [0, 0.05) is 19.4 Å². The molecule has 10 nitrogen and oxygen atoms in total. The molecule has 33 heavy (non-hydrogen) atoms. The lowest BCUT2D eigenvalue weighted by Gasteiger charge is -2.56. The van der Waals surface area contributed by atoms with E-state index in [1.807, 2.05) is 30.3 Å². The lowest BCUT2D eigenvalue weighted by Crippen LogP contribution is -2.75. The van der Waals surface area contributed by atoms with E-state index >= 15 is 0 Å². The summed E-state index contributed by atoms with van der Waals surface area (Å²) in [6.45, 7) is 3.49. The van der Waals surface area contributed by atoms with Crippen LogP contribution >= 0.6 is 0 Å². The van der Waals surface area contributed by atoms with E-state index in [9.17, 15) is 24.9 Å². The summed E-state index contributed by atoms with van der Waals surface area (Å²) < 4.78 is 22.7. The number of ether oxygens (including phenoxy) is 4. The quantitative estimate of drug-likeness (QED) is 0.583. The highest BCUT2D eigenvalue weighted by atomic mass is 16.8. The number of carbonyl (C=O) groups is 2. The Kier molecular flexibility index (Phi) is 6.77. The molecule has 1 aromatic rings. The predicted molar refractivity (Wildman–Crippen MR) is 113 cm³/mol. The summed E-state index contributed by atoms with van der Waals surface area (Å²) in [5, 5.41) is 33.0. The van der Waals surface area contributed by atoms with Gasteiger partial charge in [0.15, 0.2) is 5.78 Å². The minimum Gasteiger partial charge on any atom is -0.445 e. The molecular weight excluding hydrogens is 434 g/mol. The minimum absolute atomic E-state index is 0.0222. The molecule has 9 atom stereocenters. The van der Waals surface area contributed by atoms with Crippen molar-refractivity contribution in [3.05, 3.63) is 35.9 Å². The van der Waals surface area contributed by atoms with Crippen LogP contribution < -0.4 is 0 Å². The van der Waals surface area contributed by atoms with Crippen LogP contribution in [0.3, 0.4) is 0 Å². The molecule has 0 bridgehead atoms. The first kappa shape index (κ1) is 24.1. The highest BCUT2D eigenvalue weighted by molar-refractivity contribution is 5.87. The number of rotatable bonds is 4. The number of benzene rings is 1. The van der Waals surface area contributed by atoms with Crippen LogP contribution in [0.5, 0.6) is 0 Å². The van der Waals surface area contributed by atoms with E-state index in [1.54, 1.807) is 13.8 Å². The van der Waals surface area contributed by atoms with E-state index in [1.165, 1.54) is 11.9 Å². The minimum atomic E-state index is -2.40. The Morgan fingerprint density at radius 1 is 1.18 bits per heavy atom. The van der Waals surface area contributed by atoms with E-state index in [0.29, 0.717) is 6.42 Å². The van der Waals surface area contributed by atoms with Crippen molar-refractivity contribution < 1.29 is 43.9 Å². The number of amides is 1. The topological polar surface area (TPSA) is 135 Å². The van der Waals surface area contributed by atoms with Gasteiger partial charge in [-0.05, 0) is 18.9 Å². The van der Waals surface area contributed by atoms with Gasteiger partial charge >= 0.3 is 6.09 Å². The average Bonchev–Trinajstić information content (AvgIpc) is 2.78. The summed E-state index contributed by atoms with van der Waals surface area (Å²) in [6, 6.07) is 8.07. The first-order valence-electron chi connectivity index (χ1n) is 11.2. The summed E-state index contributed by atoms with van der Waals surface area (Å²) in [5.74, 6) is -3.68. The van der Waals surface area contributed by atoms with E-state index in [4.69, 9.17) is 18.9 Å². The molecule has 3 N–H and O–H groups in total. The number of Topliss-reactive ketones (excluding diaryl/α,β-unsaturated/α-hetero) is 1. The van der Waals surface area contributed by atoms with Crippen LogP contribution in [0.1, 0.15) is 32.3 Å². The van der Waals surface area contributed by atoms with E-state index in [2.05, 4.69) is 0 Å². The van der Waals surface area contributed by atoms with Crippen LogP contribution in [0.2, 0.25) is 0 Å². The normalized spacial score (nSPS) is 40.5. The fraction of sp³-hybridized carbons (Fsp3) is 0.652. The van der Waals surface area contributed by atoms with Crippen LogP contribution in [0, 0.1) is 5.92 Å². The first-order valence-corrected chi connectivity index (χ1v) is 11.2. The molecule has 0 unspecified atom stereocenters. The molecule has 0 spiro atoms. The maximum absolute atomic E-state index is 12.9. The summed E-state index contributed by atoms with van der Waals surface area (Å²) in [7, 11) is 1.43. The van der Waals surface area contributed by atoms with Gasteiger partial charge in [-0.1, -0.05) is 37.3 Å². The fourth-order valence-corrected chi connectivity index (χ4v) is 4.94. The van der Waals surface area contributed by atoms with Crippen molar-refractivity contribution in [2.75, 3.05) is 7.05 Å². The molecule has 2 heterocycles. The second kappa shape index (κ2) is 9.28. The van der Waals surface area contributed by atoms with Crippen molar-refractivity contribution in [3.8, 4) is 0 Å². The molecule has 0 aromatic heterocycles. The van der Waals surface area contributed by atoms with Gasteiger partial charge in [-0.15, -0.1) is 0 Å². The predicted octanol–water partition coefficient (Wildman–Crippen LogP) is 0.562. The van der Waals surface area contributed by atoms with Gasteiger partial charge in [-0.3, -0.25) is 4.79 Å². The molecule has 2 aliphatic heterocycles. The third-order valence-corrected chi connectivity index (χ3v) is 6.78. The van der Waals surface area contributed by atoms with Gasteiger partial charge in [0.1, 0.15) is 18.8 Å². The maximum atomic E-state index is 12.9. The Morgan fingerprint density at radius 2 is 1.88 bits per heavy atom. The van der Waals surface area contributed by atoms with Crippen molar-refractivity contribution in [3.63, 3.8) is 0 Å². The van der Waals surface area contributed by atoms with E-state index in [-0.39, 0.29) is 13.0 Å². The van der Waals surface area contributed by atoms with Gasteiger partial charge in [0.2, 0.25) is 6.29 Å². The van der Waals surface area contributed by atoms with Crippen LogP contribution in [0.25, 0.3) is 0 Å². The highest BCUT2D eigenvalue weighted by Gasteiger charge is 2.64. The molecule has 0 radical (unpaired) electrons. The lowest BCUT2D eigenvalue weighted by atomic mass is 9.74. The number of ketones is 1. The second-order valence-electron chi connectivity index (χ2n) is 8.98. The Bertz CT molecular complexity index is 867. The van der Waals surface area contributed by atoms with Crippen molar-refractivity contribution in [1.29, 1.82) is 0 Å². The zero-order valence-corrected chi connectivity index (χ0v) is 18.9. The lowest BCUT2D eigenvalue weighted by molar-refractivity contribution is -0.424. The summed E-state index contributed by atoms with van der Waals surface area (Å²) in [4.78, 5) is 26.7. The second-order valence-corrected chi connectivity index (χ2v) is 8.98. The van der Waals surface area contributed by atoms with Gasteiger partial charge in [-0.2, -0.15) is 0 Å². The molecule has 3 aliphatic rings. The number of hydrogen-bond acceptors (Lipinski definition) is 9. The highest BCUT2D eigenvalue weighted by Crippen LogP contribution is 2.43. The third kappa shape index (κ3) is 4.27. The van der Waals surface area contributed by atoms with Gasteiger partial charge < -0.3 is 39.2 Å². The van der Waals surface area contributed by atoms with Crippen molar-refractivity contribution in [2.45, 2.75) is 81.9 Å². The molecule has 4 rings (SSSR count). The summed E-state index contributed by atoms with van der Waals surface area (Å²) in [6.07, 6.45) is -6.98. The monoisotopic (exact) mass is 465 g/mol. The molecule has 2 saturated heterocycles. The smallest absolute Gasteiger partial charge is 0.410 e. The van der Waals surface area contributed by atoms with Gasteiger partial charge in [0.05, 0.1) is 24.4 Å². The maximum Gasteiger partial charge on any atom is 0.410 e. The summed E-state index contributed by atoms with van der Waals surface area (Å²) in [5.41, 5.74) is 0.789. The van der Waals surface area contributed by atoms with Gasteiger partial charge in [-0.25, -0.2) is 4.79 Å². The SMILES string of the molecule is CC[C@H]1[C@H](O)[C@H]2O[C@@H]3O[C@H](C)CC(=O)[C@]3(O)O[C@@H]2[C@@H](N(C)C(=O)OCc2ccccc2)[C@H]1O. The average molecular weight is 465 g/mol. The van der Waals surface area contributed by atoms with Gasteiger partial charge in [0.25, 0.3) is 5.79 Å². The molecular formula is C23H31NO9. The molecule has 1 saturated carbocycles. The van der Waals surface area contributed by atoms with Crippen LogP contribution in [-0.4, -0.2) is 87.8 Å². The molecule has 1 aliphatic carbocycles. The Morgan fingerprint density at radius 3 is 2.55 bits per heavy atom. The fourth-order valence-electron chi connectivity index (χ4n) is 4.94. The van der Waals surface area contributed by atoms with Crippen LogP contribution in [-0.2, 0) is 30.3 Å². The first-order chi connectivity index (χ1) is 15.7. The van der Waals surface area contributed by atoms with E-state index < -0.39 is 66.4 Å². The number of hydrogen-bond donors (Lipinski definition) is 3. The van der Waals surface area contributed by atoms with Crippen LogP contribution in [0.4, 0.5) is 4.79 Å². The zero-order valence-electron chi connectivity index (χ0n) is 18.9. The standard InChI is InChI=1S/C23H31NO9/c1-4-14-17(26)16(24(3)22(28)30-11-13-8-6-5-7-9-13)19-20(18(14)27)32-21-23(29,33-19)15(25)10-12(2)31-21/h5-9,12,14,16-21,26-27,29H,4,10-11H2,1-3H3/t12-,14-,16+,17+,18+,19-,20-,21+,23+/m1/s1.